The third-order valence-electron chi connectivity index (χ3n) is 3.53. The molecule has 0 unspecified atom stereocenters. The van der Waals surface area contributed by atoms with Crippen LogP contribution in [0.5, 0.6) is 11.5 Å². The Morgan fingerprint density at radius 3 is 2.11 bits per heavy atom. The van der Waals surface area contributed by atoms with E-state index in [-0.39, 0.29) is 16.9 Å². The minimum absolute atomic E-state index is 0.148. The average molecular weight is 399 g/mol. The van der Waals surface area contributed by atoms with Gasteiger partial charge in [-0.05, 0) is 60.3 Å². The fourth-order valence-electron chi connectivity index (χ4n) is 2.28. The number of ether oxygens (including phenoxy) is 2. The van der Waals surface area contributed by atoms with E-state index in [1.165, 1.54) is 13.0 Å². The highest BCUT2D eigenvalue weighted by atomic mass is 32.1. The van der Waals surface area contributed by atoms with Gasteiger partial charge < -0.3 is 20.1 Å². The van der Waals surface area contributed by atoms with Crippen LogP contribution in [-0.2, 0) is 9.59 Å². The fourth-order valence-corrected chi connectivity index (χ4v) is 2.50. The summed E-state index contributed by atoms with van der Waals surface area (Å²) in [6.45, 7) is 1.44. The zero-order valence-electron chi connectivity index (χ0n) is 15.7. The van der Waals surface area contributed by atoms with Crippen LogP contribution in [-0.4, -0.2) is 31.1 Å². The van der Waals surface area contributed by atoms with E-state index in [9.17, 15) is 9.59 Å². The van der Waals surface area contributed by atoms with Gasteiger partial charge in [0.1, 0.15) is 0 Å². The number of carbonyl (C=O) groups is 2. The van der Waals surface area contributed by atoms with Gasteiger partial charge in [-0.1, -0.05) is 6.07 Å². The highest BCUT2D eigenvalue weighted by Crippen LogP contribution is 2.27. The molecule has 0 bridgehead atoms. The number of benzene rings is 2. The van der Waals surface area contributed by atoms with Gasteiger partial charge in [0, 0.05) is 24.4 Å². The molecule has 0 aliphatic heterocycles. The molecule has 0 saturated carbocycles. The van der Waals surface area contributed by atoms with E-state index in [0.717, 1.165) is 5.56 Å². The Balaban J connectivity index is 1.91. The Morgan fingerprint density at radius 2 is 1.54 bits per heavy atom. The summed E-state index contributed by atoms with van der Waals surface area (Å²) < 4.78 is 10.4. The largest absolute Gasteiger partial charge is 0.493 e. The molecule has 3 N–H and O–H groups in total. The molecule has 8 heteroatoms. The Kier molecular flexibility index (Phi) is 7.53. The summed E-state index contributed by atoms with van der Waals surface area (Å²) in [5, 5.41) is 8.30. The zero-order chi connectivity index (χ0) is 20.5. The molecule has 2 aromatic carbocycles. The molecule has 0 aromatic heterocycles. The molecule has 0 fully saturated rings. The maximum atomic E-state index is 12.0. The monoisotopic (exact) mass is 399 g/mol. The highest BCUT2D eigenvalue weighted by molar-refractivity contribution is 7.80. The summed E-state index contributed by atoms with van der Waals surface area (Å²) in [7, 11) is 3.10. The zero-order valence-corrected chi connectivity index (χ0v) is 16.6. The van der Waals surface area contributed by atoms with E-state index in [0.29, 0.717) is 22.9 Å². The van der Waals surface area contributed by atoms with Gasteiger partial charge in [-0.2, -0.15) is 0 Å². The molecule has 0 atom stereocenters. The van der Waals surface area contributed by atoms with Crippen LogP contribution in [0.2, 0.25) is 0 Å². The Morgan fingerprint density at radius 1 is 0.929 bits per heavy atom. The van der Waals surface area contributed by atoms with Gasteiger partial charge in [-0.3, -0.25) is 14.9 Å². The summed E-state index contributed by atoms with van der Waals surface area (Å²) in [5.41, 5.74) is 2.13. The number of methoxy groups -OCH3 is 2. The van der Waals surface area contributed by atoms with Crippen LogP contribution in [0, 0.1) is 0 Å². The lowest BCUT2D eigenvalue weighted by Gasteiger charge is -2.09. The van der Waals surface area contributed by atoms with Crippen LogP contribution >= 0.6 is 12.2 Å². The molecule has 0 aliphatic carbocycles. The number of anilines is 2. The molecular weight excluding hydrogens is 378 g/mol. The molecule has 146 valence electrons. The number of carbonyl (C=O) groups excluding carboxylic acids is 2. The Bertz CT molecular complexity index is 895. The van der Waals surface area contributed by atoms with Crippen LogP contribution in [0.4, 0.5) is 11.4 Å². The molecule has 0 radical (unpaired) electrons. The molecule has 28 heavy (non-hydrogen) atoms. The van der Waals surface area contributed by atoms with Crippen molar-refractivity contribution in [2.24, 2.45) is 0 Å². The van der Waals surface area contributed by atoms with Gasteiger partial charge in [0.2, 0.25) is 11.8 Å². The van der Waals surface area contributed by atoms with Crippen molar-refractivity contribution in [2.45, 2.75) is 6.92 Å². The molecule has 0 heterocycles. The molecule has 7 nitrogen and oxygen atoms in total. The lowest BCUT2D eigenvalue weighted by atomic mass is 10.2. The molecular formula is C20H21N3O4S. The standard InChI is InChI=1S/C20H21N3O4S/c1-13(24)21-15-6-8-16(9-7-15)22-20(28)23-19(25)11-5-14-4-10-17(26-2)18(12-14)27-3/h4-12H,1-3H3,(H,21,24)(H2,22,23,25,28). The van der Waals surface area contributed by atoms with Crippen LogP contribution in [0.1, 0.15) is 12.5 Å². The van der Waals surface area contributed by atoms with Gasteiger partial charge in [-0.15, -0.1) is 0 Å². The fraction of sp³-hybridized carbons (Fsp3) is 0.150. The number of nitrogens with one attached hydrogen (secondary N) is 3. The quantitative estimate of drug-likeness (QED) is 0.511. The minimum Gasteiger partial charge on any atom is -0.493 e. The number of thiocarbonyl (C=S) groups is 1. The van der Waals surface area contributed by atoms with Crippen molar-refractivity contribution < 1.29 is 19.1 Å². The first kappa shape index (κ1) is 20.9. The van der Waals surface area contributed by atoms with E-state index >= 15 is 0 Å². The molecule has 0 saturated heterocycles. The van der Waals surface area contributed by atoms with Crippen molar-refractivity contribution in [3.05, 3.63) is 54.1 Å². The predicted octanol–water partition coefficient (Wildman–Crippen LogP) is 3.19. The van der Waals surface area contributed by atoms with E-state index in [1.54, 1.807) is 62.8 Å². The normalized spacial score (nSPS) is 10.2. The second-order valence-corrected chi connectivity index (χ2v) is 6.06. The summed E-state index contributed by atoms with van der Waals surface area (Å²) >= 11 is 5.14. The highest BCUT2D eigenvalue weighted by Gasteiger charge is 2.05. The SMILES string of the molecule is COc1ccc(C=CC(=O)NC(=S)Nc2ccc(NC(C)=O)cc2)cc1OC. The molecule has 0 spiro atoms. The second kappa shape index (κ2) is 10.1. The summed E-state index contributed by atoms with van der Waals surface area (Å²) in [6, 6.07) is 12.3. The third-order valence-corrected chi connectivity index (χ3v) is 3.74. The van der Waals surface area contributed by atoms with Gasteiger partial charge in [0.25, 0.3) is 0 Å². The van der Waals surface area contributed by atoms with Crippen molar-refractivity contribution in [3.63, 3.8) is 0 Å². The summed E-state index contributed by atoms with van der Waals surface area (Å²) in [4.78, 5) is 23.1. The predicted molar refractivity (Wildman–Crippen MR) is 114 cm³/mol. The van der Waals surface area contributed by atoms with Crippen LogP contribution in [0.15, 0.2) is 48.5 Å². The molecule has 2 aromatic rings. The first-order valence-electron chi connectivity index (χ1n) is 8.31. The van der Waals surface area contributed by atoms with Crippen molar-refractivity contribution in [1.82, 2.24) is 5.32 Å². The minimum atomic E-state index is -0.373. The molecule has 2 rings (SSSR count). The summed E-state index contributed by atoms with van der Waals surface area (Å²) in [5.74, 6) is 0.663. The smallest absolute Gasteiger partial charge is 0.250 e. The topological polar surface area (TPSA) is 88.7 Å². The molecule has 2 amide bonds. The van der Waals surface area contributed by atoms with E-state index < -0.39 is 0 Å². The maximum Gasteiger partial charge on any atom is 0.250 e. The van der Waals surface area contributed by atoms with Crippen LogP contribution in [0.25, 0.3) is 6.08 Å². The van der Waals surface area contributed by atoms with Gasteiger partial charge >= 0.3 is 0 Å². The third kappa shape index (κ3) is 6.40. The first-order valence-corrected chi connectivity index (χ1v) is 8.72. The number of hydrogen-bond donors (Lipinski definition) is 3. The number of amides is 2. The number of hydrogen-bond acceptors (Lipinski definition) is 5. The van der Waals surface area contributed by atoms with Crippen molar-refractivity contribution in [3.8, 4) is 11.5 Å². The first-order chi connectivity index (χ1) is 13.4. The average Bonchev–Trinajstić information content (AvgIpc) is 2.67. The van der Waals surface area contributed by atoms with Crippen molar-refractivity contribution in [2.75, 3.05) is 24.9 Å². The number of rotatable bonds is 6. The van der Waals surface area contributed by atoms with E-state index in [4.69, 9.17) is 21.7 Å². The second-order valence-electron chi connectivity index (χ2n) is 5.65. The van der Waals surface area contributed by atoms with Crippen LogP contribution < -0.4 is 25.4 Å². The van der Waals surface area contributed by atoms with Crippen LogP contribution in [0.3, 0.4) is 0 Å². The van der Waals surface area contributed by atoms with Gasteiger partial charge in [0.15, 0.2) is 16.6 Å². The Hall–Kier alpha value is -3.39. The summed E-state index contributed by atoms with van der Waals surface area (Å²) in [6.07, 6.45) is 3.01. The van der Waals surface area contributed by atoms with E-state index in [2.05, 4.69) is 16.0 Å². The Labute approximate surface area is 168 Å². The van der Waals surface area contributed by atoms with Crippen molar-refractivity contribution >= 4 is 46.6 Å². The molecule has 0 aliphatic rings. The maximum absolute atomic E-state index is 12.0. The van der Waals surface area contributed by atoms with Gasteiger partial charge in [0.05, 0.1) is 14.2 Å². The van der Waals surface area contributed by atoms with E-state index in [1.807, 2.05) is 0 Å². The van der Waals surface area contributed by atoms with Crippen molar-refractivity contribution in [1.29, 1.82) is 0 Å². The lowest BCUT2D eigenvalue weighted by molar-refractivity contribution is -0.115. The van der Waals surface area contributed by atoms with Gasteiger partial charge in [-0.25, -0.2) is 0 Å². The lowest BCUT2D eigenvalue weighted by Crippen LogP contribution is -2.32.